The Labute approximate surface area is 257 Å². The average Bonchev–Trinajstić information content (AvgIpc) is 2.72. The zero-order valence-corrected chi connectivity index (χ0v) is 28.1. The summed E-state index contributed by atoms with van der Waals surface area (Å²) in [6, 6.07) is 0. The number of hydrogen-bond acceptors (Lipinski definition) is 5. The van der Waals surface area contributed by atoms with E-state index in [1.807, 2.05) is 0 Å². The predicted molar refractivity (Wildman–Crippen MR) is 134 cm³/mol. The van der Waals surface area contributed by atoms with Crippen LogP contribution in [0.3, 0.4) is 0 Å². The Morgan fingerprint density at radius 1 is 0.500 bits per heavy atom. The minimum absolute atomic E-state index is 0. The van der Waals surface area contributed by atoms with Gasteiger partial charge >= 0.3 is 59.1 Å². The molecule has 196 valence electrons. The number of aliphatic hydroxyl groups excluding tert-OH is 1. The third-order valence-corrected chi connectivity index (χ3v) is 6.03. The van der Waals surface area contributed by atoms with E-state index in [9.17, 15) is 5.11 Å². The minimum Gasteiger partial charge on any atom is -0.759 e. The van der Waals surface area contributed by atoms with E-state index in [4.69, 9.17) is 17.5 Å². The molecular weight excluding hydrogens is 470 g/mol. The number of aliphatic hydroxyl groups is 1. The smallest absolute Gasteiger partial charge is 0.759 e. The van der Waals surface area contributed by atoms with Crippen molar-refractivity contribution >= 4 is 10.4 Å². The third kappa shape index (κ3) is 50.7. The van der Waals surface area contributed by atoms with Crippen LogP contribution >= 0.6 is 0 Å². The maximum atomic E-state index is 10.1. The molecule has 0 aliphatic carbocycles. The maximum Gasteiger partial charge on any atom is 1.00 e. The first-order valence-corrected chi connectivity index (χ1v) is 15.0. The van der Waals surface area contributed by atoms with Crippen LogP contribution in [0.4, 0.5) is 0 Å². The molecule has 0 aromatic heterocycles. The minimum atomic E-state index is -5.17. The summed E-state index contributed by atoms with van der Waals surface area (Å²) in [6.07, 6.45) is 31.1. The van der Waals surface area contributed by atoms with Gasteiger partial charge in [-0.1, -0.05) is 149 Å². The Morgan fingerprint density at radius 2 is 0.676 bits per heavy atom. The van der Waals surface area contributed by atoms with Gasteiger partial charge in [0.25, 0.3) is 0 Å². The van der Waals surface area contributed by atoms with E-state index >= 15 is 0 Å². The van der Waals surface area contributed by atoms with E-state index in [1.165, 1.54) is 135 Å². The molecule has 0 fully saturated rings. The van der Waals surface area contributed by atoms with Gasteiger partial charge in [0.2, 0.25) is 0 Å². The second-order valence-electron chi connectivity index (χ2n) is 9.36. The van der Waals surface area contributed by atoms with Crippen LogP contribution in [0, 0.1) is 0 Å². The normalized spacial score (nSPS) is 11.7. The Kier molecular flexibility index (Phi) is 43.9. The molecule has 0 bridgehead atoms. The fourth-order valence-electron chi connectivity index (χ4n) is 4.06. The Balaban J connectivity index is -0.000000578. The fraction of sp³-hybridized carbons (Fsp3) is 1.00. The number of rotatable bonds is 23. The van der Waals surface area contributed by atoms with Crippen LogP contribution in [0.5, 0.6) is 0 Å². The topological polar surface area (TPSA) is 100 Å². The molecule has 0 aliphatic heterocycles. The molecular formula is C26H54Na2O5S. The van der Waals surface area contributed by atoms with E-state index in [2.05, 4.69) is 13.8 Å². The zero-order valence-electron chi connectivity index (χ0n) is 23.3. The van der Waals surface area contributed by atoms with Crippen LogP contribution in [0.15, 0.2) is 0 Å². The number of unbranched alkanes of at least 4 members (excludes halogenated alkanes) is 19. The summed E-state index contributed by atoms with van der Waals surface area (Å²) in [5.74, 6) is 0. The zero-order chi connectivity index (χ0) is 24.3. The SMILES string of the molecule is CCCCCCCCCCCCCC(O)CCCCCCCCCCCC.O=S(=O)([O-])[O-].[Na+].[Na+]. The molecule has 1 unspecified atom stereocenters. The molecule has 0 saturated carbocycles. The molecule has 0 amide bonds. The maximum absolute atomic E-state index is 10.1. The van der Waals surface area contributed by atoms with Gasteiger partial charge in [0.1, 0.15) is 0 Å². The molecule has 0 aromatic carbocycles. The van der Waals surface area contributed by atoms with E-state index in [-0.39, 0.29) is 65.2 Å². The summed E-state index contributed by atoms with van der Waals surface area (Å²) in [4.78, 5) is 0. The van der Waals surface area contributed by atoms with Crippen molar-refractivity contribution in [2.45, 2.75) is 168 Å². The van der Waals surface area contributed by atoms with Crippen molar-refractivity contribution in [3.05, 3.63) is 0 Å². The quantitative estimate of drug-likeness (QED) is 0.0954. The van der Waals surface area contributed by atoms with Gasteiger partial charge in [-0.05, 0) is 12.8 Å². The van der Waals surface area contributed by atoms with E-state index in [1.54, 1.807) is 0 Å². The molecule has 0 aromatic rings. The largest absolute Gasteiger partial charge is 1.00 e. The van der Waals surface area contributed by atoms with Gasteiger partial charge in [-0.3, -0.25) is 8.42 Å². The standard InChI is InChI=1S/C26H54O.2Na.H2O4S/c1-3-5-7-9-11-13-15-17-19-21-23-25-26(27)24-22-20-18-16-14-12-10-8-6-4-2;;;1-5(2,3)4/h26-27H,3-25H2,1-2H3;;;(H2,1,2,3,4)/q;2*+1;/p-2. The molecule has 0 aliphatic rings. The predicted octanol–water partition coefficient (Wildman–Crippen LogP) is 2.03. The third-order valence-electron chi connectivity index (χ3n) is 6.03. The van der Waals surface area contributed by atoms with Gasteiger partial charge in [0.05, 0.1) is 6.10 Å². The summed E-state index contributed by atoms with van der Waals surface area (Å²) in [5, 5.41) is 10.1. The molecule has 34 heavy (non-hydrogen) atoms. The fourth-order valence-corrected chi connectivity index (χ4v) is 4.06. The van der Waals surface area contributed by atoms with Gasteiger partial charge in [-0.25, -0.2) is 0 Å². The van der Waals surface area contributed by atoms with E-state index in [0.29, 0.717) is 0 Å². The van der Waals surface area contributed by atoms with Gasteiger partial charge < -0.3 is 14.2 Å². The van der Waals surface area contributed by atoms with Crippen LogP contribution in [-0.4, -0.2) is 28.7 Å². The second kappa shape index (κ2) is 34.8. The molecule has 0 spiro atoms. The van der Waals surface area contributed by atoms with Crippen molar-refractivity contribution in [3.63, 3.8) is 0 Å². The second-order valence-corrected chi connectivity index (χ2v) is 10.2. The van der Waals surface area contributed by atoms with Crippen molar-refractivity contribution in [1.82, 2.24) is 0 Å². The number of hydrogen-bond donors (Lipinski definition) is 1. The van der Waals surface area contributed by atoms with Gasteiger partial charge in [0.15, 0.2) is 0 Å². The molecule has 0 heterocycles. The van der Waals surface area contributed by atoms with E-state index < -0.39 is 10.4 Å². The van der Waals surface area contributed by atoms with Crippen LogP contribution in [0.25, 0.3) is 0 Å². The van der Waals surface area contributed by atoms with Crippen LogP contribution in [-0.2, 0) is 10.4 Å². The van der Waals surface area contributed by atoms with Crippen molar-refractivity contribution in [1.29, 1.82) is 0 Å². The molecule has 1 atom stereocenters. The summed E-state index contributed by atoms with van der Waals surface area (Å²) >= 11 is 0. The molecule has 8 heteroatoms. The average molecular weight is 525 g/mol. The first-order valence-electron chi connectivity index (χ1n) is 13.7. The summed E-state index contributed by atoms with van der Waals surface area (Å²) < 4.78 is 34.1. The summed E-state index contributed by atoms with van der Waals surface area (Å²) in [5.41, 5.74) is 0. The first kappa shape index (κ1) is 42.9. The Morgan fingerprint density at radius 3 is 0.882 bits per heavy atom. The van der Waals surface area contributed by atoms with Crippen LogP contribution < -0.4 is 59.1 Å². The molecule has 0 radical (unpaired) electrons. The van der Waals surface area contributed by atoms with Crippen molar-refractivity contribution in [2.24, 2.45) is 0 Å². The molecule has 0 rings (SSSR count). The van der Waals surface area contributed by atoms with E-state index in [0.717, 1.165) is 12.8 Å². The monoisotopic (exact) mass is 524 g/mol. The summed E-state index contributed by atoms with van der Waals surface area (Å²) in [6.45, 7) is 4.57. The van der Waals surface area contributed by atoms with Crippen molar-refractivity contribution in [2.75, 3.05) is 0 Å². The Hall–Kier alpha value is 1.83. The van der Waals surface area contributed by atoms with Gasteiger partial charge in [0, 0.05) is 10.4 Å². The summed E-state index contributed by atoms with van der Waals surface area (Å²) in [7, 11) is -5.17. The molecule has 5 nitrogen and oxygen atoms in total. The van der Waals surface area contributed by atoms with Gasteiger partial charge in [-0.15, -0.1) is 0 Å². The van der Waals surface area contributed by atoms with Gasteiger partial charge in [-0.2, -0.15) is 0 Å². The van der Waals surface area contributed by atoms with Crippen LogP contribution in [0.1, 0.15) is 162 Å². The Bertz CT molecular complexity index is 442. The molecule has 0 saturated heterocycles. The van der Waals surface area contributed by atoms with Crippen molar-refractivity contribution in [3.8, 4) is 0 Å². The van der Waals surface area contributed by atoms with Crippen LogP contribution in [0.2, 0.25) is 0 Å². The molecule has 1 N–H and O–H groups in total. The van der Waals surface area contributed by atoms with Crippen molar-refractivity contribution < 1.29 is 81.7 Å². The first-order chi connectivity index (χ1) is 15.3.